The second kappa shape index (κ2) is 8.79. The molecule has 0 spiro atoms. The molecule has 1 heterocycles. The average molecular weight is 387 g/mol. The number of aliphatic hydroxyl groups excluding tert-OH is 1. The predicted octanol–water partition coefficient (Wildman–Crippen LogP) is 2.65. The molecule has 0 saturated carbocycles. The van der Waals surface area contributed by atoms with Crippen molar-refractivity contribution in [2.45, 2.75) is 11.7 Å². The lowest BCUT2D eigenvalue weighted by Crippen LogP contribution is -2.32. The average Bonchev–Trinajstić information content (AvgIpc) is 2.94. The molecule has 6 nitrogen and oxygen atoms in total. The van der Waals surface area contributed by atoms with Gasteiger partial charge in [0.2, 0.25) is 11.8 Å². The van der Waals surface area contributed by atoms with Crippen LogP contribution >= 0.6 is 11.8 Å². The van der Waals surface area contributed by atoms with Gasteiger partial charge in [0.05, 0.1) is 18.8 Å². The summed E-state index contributed by atoms with van der Waals surface area (Å²) in [4.78, 5) is 30.2. The highest BCUT2D eigenvalue weighted by Gasteiger charge is 2.41. The molecule has 2 aromatic carbocycles. The summed E-state index contributed by atoms with van der Waals surface area (Å²) in [7, 11) is 0. The number of rotatable bonds is 5. The number of amidine groups is 1. The number of halogens is 1. The van der Waals surface area contributed by atoms with E-state index < -0.39 is 22.9 Å². The molecule has 2 N–H and O–H groups in total. The Morgan fingerprint density at radius 3 is 2.59 bits per heavy atom. The third-order valence-electron chi connectivity index (χ3n) is 3.83. The molecule has 0 radical (unpaired) electrons. The van der Waals surface area contributed by atoms with E-state index in [4.69, 9.17) is 5.11 Å². The van der Waals surface area contributed by atoms with Gasteiger partial charge in [0.25, 0.3) is 0 Å². The van der Waals surface area contributed by atoms with Gasteiger partial charge in [0.15, 0.2) is 5.17 Å². The summed E-state index contributed by atoms with van der Waals surface area (Å²) in [6, 6.07) is 14.9. The Kier molecular flexibility index (Phi) is 6.20. The normalized spacial score (nSPS) is 17.5. The van der Waals surface area contributed by atoms with E-state index in [-0.39, 0.29) is 25.3 Å². The Bertz CT molecular complexity index is 860. The van der Waals surface area contributed by atoms with Gasteiger partial charge in [0.1, 0.15) is 11.1 Å². The highest BCUT2D eigenvalue weighted by molar-refractivity contribution is 8.15. The standard InChI is InChI=1S/C19H18FN3O3S/c20-14-8-4-5-9-15(14)23-17(25)12-16(18(23)26)27-19(21-10-11-24)22-13-6-2-1-3-7-13/h1-9,16,24H,10-12H2,(H,21,22). The van der Waals surface area contributed by atoms with Crippen molar-refractivity contribution in [1.82, 2.24) is 0 Å². The highest BCUT2D eigenvalue weighted by atomic mass is 32.2. The molecule has 1 saturated heterocycles. The maximum atomic E-state index is 14.0. The number of hydrogen-bond donors (Lipinski definition) is 2. The minimum absolute atomic E-state index is 0.0412. The molecule has 0 bridgehead atoms. The fourth-order valence-corrected chi connectivity index (χ4v) is 3.66. The van der Waals surface area contributed by atoms with Crippen molar-refractivity contribution < 1.29 is 19.1 Å². The molecule has 1 unspecified atom stereocenters. The number of nitrogens with zero attached hydrogens (tertiary/aromatic N) is 2. The summed E-state index contributed by atoms with van der Waals surface area (Å²) in [5.41, 5.74) is 0.727. The van der Waals surface area contributed by atoms with Crippen LogP contribution in [0.2, 0.25) is 0 Å². The monoisotopic (exact) mass is 387 g/mol. The summed E-state index contributed by atoms with van der Waals surface area (Å²) in [5.74, 6) is -1.56. The lowest BCUT2D eigenvalue weighted by atomic mass is 10.3. The summed E-state index contributed by atoms with van der Waals surface area (Å²) in [6.45, 7) is 0.0213. The van der Waals surface area contributed by atoms with E-state index in [1.54, 1.807) is 6.07 Å². The molecule has 3 rings (SSSR count). The van der Waals surface area contributed by atoms with Crippen molar-refractivity contribution in [3.63, 3.8) is 0 Å². The molecular weight excluding hydrogens is 369 g/mol. The molecule has 27 heavy (non-hydrogen) atoms. The molecule has 2 aromatic rings. The predicted molar refractivity (Wildman–Crippen MR) is 104 cm³/mol. The maximum absolute atomic E-state index is 14.0. The van der Waals surface area contributed by atoms with E-state index in [1.165, 1.54) is 18.2 Å². The highest BCUT2D eigenvalue weighted by Crippen LogP contribution is 2.32. The van der Waals surface area contributed by atoms with Crippen LogP contribution in [0.1, 0.15) is 6.42 Å². The van der Waals surface area contributed by atoms with Gasteiger partial charge in [-0.15, -0.1) is 0 Å². The fourth-order valence-electron chi connectivity index (χ4n) is 2.62. The van der Waals surface area contributed by atoms with E-state index in [0.717, 1.165) is 22.3 Å². The largest absolute Gasteiger partial charge is 0.394 e. The van der Waals surface area contributed by atoms with Crippen LogP contribution in [0.3, 0.4) is 0 Å². The lowest BCUT2D eigenvalue weighted by Gasteiger charge is -2.16. The van der Waals surface area contributed by atoms with E-state index in [9.17, 15) is 14.0 Å². The molecule has 1 atom stereocenters. The van der Waals surface area contributed by atoms with Crippen molar-refractivity contribution in [3.05, 3.63) is 60.4 Å². The van der Waals surface area contributed by atoms with Crippen LogP contribution in [-0.4, -0.2) is 40.5 Å². The van der Waals surface area contributed by atoms with Crippen LogP contribution in [0.5, 0.6) is 0 Å². The summed E-state index contributed by atoms with van der Waals surface area (Å²) >= 11 is 1.10. The van der Waals surface area contributed by atoms with Crippen LogP contribution in [0, 0.1) is 5.82 Å². The van der Waals surface area contributed by atoms with Crippen LogP contribution < -0.4 is 10.2 Å². The smallest absolute Gasteiger partial charge is 0.247 e. The van der Waals surface area contributed by atoms with Gasteiger partial charge in [-0.1, -0.05) is 42.1 Å². The number of aliphatic hydroxyl groups is 1. The Labute approximate surface area is 160 Å². The zero-order valence-corrected chi connectivity index (χ0v) is 15.2. The fraction of sp³-hybridized carbons (Fsp3) is 0.211. The Morgan fingerprint density at radius 2 is 1.89 bits per heavy atom. The third kappa shape index (κ3) is 4.53. The summed E-state index contributed by atoms with van der Waals surface area (Å²) in [5, 5.41) is 11.8. The number of para-hydroxylation sites is 2. The number of amides is 2. The lowest BCUT2D eigenvalue weighted by molar-refractivity contribution is -0.121. The van der Waals surface area contributed by atoms with Crippen molar-refractivity contribution in [1.29, 1.82) is 0 Å². The number of anilines is 2. The number of aliphatic imine (C=N–C) groups is 1. The van der Waals surface area contributed by atoms with E-state index in [2.05, 4.69) is 10.3 Å². The minimum atomic E-state index is -0.717. The first kappa shape index (κ1) is 19.1. The van der Waals surface area contributed by atoms with Crippen LogP contribution in [0.25, 0.3) is 0 Å². The minimum Gasteiger partial charge on any atom is -0.394 e. The van der Waals surface area contributed by atoms with Gasteiger partial charge in [-0.05, 0) is 24.3 Å². The maximum Gasteiger partial charge on any atom is 0.247 e. The Morgan fingerprint density at radius 1 is 1.19 bits per heavy atom. The van der Waals surface area contributed by atoms with Crippen molar-refractivity contribution in [2.75, 3.05) is 23.4 Å². The van der Waals surface area contributed by atoms with Crippen LogP contribution in [-0.2, 0) is 9.59 Å². The van der Waals surface area contributed by atoms with E-state index in [1.807, 2.05) is 30.3 Å². The van der Waals surface area contributed by atoms with Gasteiger partial charge in [0, 0.05) is 12.1 Å². The molecule has 2 amide bonds. The Hall–Kier alpha value is -2.71. The zero-order chi connectivity index (χ0) is 19.2. The molecule has 1 aliphatic heterocycles. The van der Waals surface area contributed by atoms with Gasteiger partial charge >= 0.3 is 0 Å². The number of nitrogens with one attached hydrogen (secondary N) is 1. The number of thioether (sulfide) groups is 1. The quantitative estimate of drug-likeness (QED) is 0.468. The van der Waals surface area contributed by atoms with Crippen LogP contribution in [0.4, 0.5) is 15.8 Å². The molecule has 1 aliphatic rings. The third-order valence-corrected chi connectivity index (χ3v) is 4.94. The second-order valence-corrected chi connectivity index (χ2v) is 6.92. The zero-order valence-electron chi connectivity index (χ0n) is 14.3. The van der Waals surface area contributed by atoms with Gasteiger partial charge in [-0.2, -0.15) is 0 Å². The molecule has 1 fully saturated rings. The molecule has 0 aromatic heterocycles. The molecular formula is C19H18FN3O3S. The number of hydrogen-bond acceptors (Lipinski definition) is 5. The number of carbonyl (C=O) groups excluding carboxylic acids is 2. The first-order valence-corrected chi connectivity index (χ1v) is 9.23. The SMILES string of the molecule is O=C1CC(SC(=NCCO)Nc2ccccc2)C(=O)N1c1ccccc1F. The first-order chi connectivity index (χ1) is 13.1. The molecule has 140 valence electrons. The number of benzene rings is 2. The topological polar surface area (TPSA) is 82.0 Å². The summed E-state index contributed by atoms with van der Waals surface area (Å²) < 4.78 is 14.0. The first-order valence-electron chi connectivity index (χ1n) is 8.35. The van der Waals surface area contributed by atoms with Gasteiger partial charge in [-0.3, -0.25) is 14.6 Å². The van der Waals surface area contributed by atoms with Gasteiger partial charge < -0.3 is 10.4 Å². The van der Waals surface area contributed by atoms with E-state index >= 15 is 0 Å². The Balaban J connectivity index is 1.77. The van der Waals surface area contributed by atoms with Crippen LogP contribution in [0.15, 0.2) is 59.6 Å². The van der Waals surface area contributed by atoms with Crippen molar-refractivity contribution in [2.24, 2.45) is 4.99 Å². The van der Waals surface area contributed by atoms with Crippen molar-refractivity contribution >= 4 is 40.1 Å². The van der Waals surface area contributed by atoms with E-state index in [0.29, 0.717) is 5.17 Å². The van der Waals surface area contributed by atoms with Crippen molar-refractivity contribution in [3.8, 4) is 0 Å². The number of imide groups is 1. The summed E-state index contributed by atoms with van der Waals surface area (Å²) in [6.07, 6.45) is -0.0492. The number of carbonyl (C=O) groups is 2. The molecule has 0 aliphatic carbocycles. The second-order valence-electron chi connectivity index (χ2n) is 5.73. The molecule has 8 heteroatoms. The van der Waals surface area contributed by atoms with Gasteiger partial charge in [-0.25, -0.2) is 9.29 Å².